The van der Waals surface area contributed by atoms with Gasteiger partial charge in [-0.05, 0) is 41.8 Å². The normalized spacial score (nSPS) is 14.4. The lowest BCUT2D eigenvalue weighted by atomic mass is 9.86. The van der Waals surface area contributed by atoms with Crippen molar-refractivity contribution >= 4 is 16.2 Å². The molecule has 0 radical (unpaired) electrons. The first kappa shape index (κ1) is 21.9. The maximum atomic E-state index is 10.8. The fraction of sp³-hybridized carbons (Fsp3) is 0.600. The number of nitrogens with one attached hydrogen (secondary N) is 1. The van der Waals surface area contributed by atoms with Gasteiger partial charge in [0.2, 0.25) is 0 Å². The summed E-state index contributed by atoms with van der Waals surface area (Å²) in [6.07, 6.45) is 5.62. The Morgan fingerprint density at radius 1 is 1.16 bits per heavy atom. The van der Waals surface area contributed by atoms with Crippen molar-refractivity contribution < 1.29 is 13.0 Å². The first-order valence-electron chi connectivity index (χ1n) is 8.94. The largest absolute Gasteiger partial charge is 0.310 e. The zero-order chi connectivity index (χ0) is 19.1. The summed E-state index contributed by atoms with van der Waals surface area (Å²) >= 11 is 0. The lowest BCUT2D eigenvalue weighted by molar-refractivity contribution is 0.462. The molecule has 0 aliphatic rings. The van der Waals surface area contributed by atoms with E-state index in [2.05, 4.69) is 76.4 Å². The van der Waals surface area contributed by atoms with Gasteiger partial charge in [0.15, 0.2) is 0 Å². The Labute approximate surface area is 153 Å². The Hall–Kier alpha value is -1.17. The van der Waals surface area contributed by atoms with Gasteiger partial charge in [0.25, 0.3) is 10.1 Å². The van der Waals surface area contributed by atoms with Gasteiger partial charge < -0.3 is 5.32 Å². The standard InChI is InChI=1S/C20H33NO3S/c1-16(2)15-19(21-13-6-14-25(22,23)24)12-9-17-7-10-18(11-8-17)20(3,4)5/h7-12,16,19,21H,6,13-15H2,1-5H3,(H,22,23,24)/t19-/m0/s1. The molecule has 1 aromatic carbocycles. The molecule has 2 N–H and O–H groups in total. The molecule has 0 saturated heterocycles. The molecular weight excluding hydrogens is 334 g/mol. The Kier molecular flexibility index (Phi) is 8.32. The van der Waals surface area contributed by atoms with Crippen LogP contribution in [0.25, 0.3) is 6.08 Å². The van der Waals surface area contributed by atoms with Crippen molar-refractivity contribution in [1.29, 1.82) is 0 Å². The third-order valence-corrected chi connectivity index (χ3v) is 4.81. The fourth-order valence-electron chi connectivity index (χ4n) is 2.60. The van der Waals surface area contributed by atoms with E-state index in [-0.39, 0.29) is 17.2 Å². The second kappa shape index (κ2) is 9.51. The third kappa shape index (κ3) is 9.78. The fourth-order valence-corrected chi connectivity index (χ4v) is 3.11. The molecule has 0 aromatic heterocycles. The van der Waals surface area contributed by atoms with E-state index in [9.17, 15) is 8.42 Å². The van der Waals surface area contributed by atoms with Crippen LogP contribution < -0.4 is 5.32 Å². The molecule has 1 rings (SSSR count). The summed E-state index contributed by atoms with van der Waals surface area (Å²) in [5.74, 6) is 0.332. The van der Waals surface area contributed by atoms with Gasteiger partial charge in [-0.25, -0.2) is 0 Å². The van der Waals surface area contributed by atoms with Crippen LogP contribution in [0.2, 0.25) is 0 Å². The van der Waals surface area contributed by atoms with Crippen molar-refractivity contribution in [3.8, 4) is 0 Å². The van der Waals surface area contributed by atoms with E-state index >= 15 is 0 Å². The number of rotatable bonds is 9. The highest BCUT2D eigenvalue weighted by Gasteiger charge is 2.12. The van der Waals surface area contributed by atoms with Gasteiger partial charge in [-0.15, -0.1) is 0 Å². The molecule has 0 spiro atoms. The van der Waals surface area contributed by atoms with Crippen LogP contribution in [0.1, 0.15) is 58.6 Å². The van der Waals surface area contributed by atoms with Crippen LogP contribution in [0.3, 0.4) is 0 Å². The van der Waals surface area contributed by atoms with E-state index in [0.717, 1.165) is 12.0 Å². The average Bonchev–Trinajstić information content (AvgIpc) is 2.47. The van der Waals surface area contributed by atoms with Crippen molar-refractivity contribution in [3.63, 3.8) is 0 Å². The van der Waals surface area contributed by atoms with Gasteiger partial charge in [-0.1, -0.05) is 71.0 Å². The van der Waals surface area contributed by atoms with Crippen molar-refractivity contribution in [1.82, 2.24) is 5.32 Å². The maximum absolute atomic E-state index is 10.8. The van der Waals surface area contributed by atoms with E-state index in [1.165, 1.54) is 5.56 Å². The van der Waals surface area contributed by atoms with E-state index in [1.807, 2.05) is 0 Å². The minimum absolute atomic E-state index is 0.150. The summed E-state index contributed by atoms with van der Waals surface area (Å²) in [6.45, 7) is 11.5. The molecular formula is C20H33NO3S. The lowest BCUT2D eigenvalue weighted by Crippen LogP contribution is -2.30. The maximum Gasteiger partial charge on any atom is 0.264 e. The first-order chi connectivity index (χ1) is 11.5. The molecule has 0 aliphatic heterocycles. The van der Waals surface area contributed by atoms with E-state index in [1.54, 1.807) is 0 Å². The van der Waals surface area contributed by atoms with E-state index < -0.39 is 10.1 Å². The van der Waals surface area contributed by atoms with Gasteiger partial charge in [-0.3, -0.25) is 4.55 Å². The highest BCUT2D eigenvalue weighted by molar-refractivity contribution is 7.85. The molecule has 0 bridgehead atoms. The van der Waals surface area contributed by atoms with Gasteiger partial charge in [0, 0.05) is 6.04 Å². The van der Waals surface area contributed by atoms with Crippen molar-refractivity contribution in [2.75, 3.05) is 12.3 Å². The van der Waals surface area contributed by atoms with Crippen LogP contribution in [0.15, 0.2) is 30.3 Å². The van der Waals surface area contributed by atoms with Gasteiger partial charge in [-0.2, -0.15) is 8.42 Å². The van der Waals surface area contributed by atoms with Crippen LogP contribution in [-0.4, -0.2) is 31.3 Å². The topological polar surface area (TPSA) is 66.4 Å². The van der Waals surface area contributed by atoms with Gasteiger partial charge in [0.05, 0.1) is 5.75 Å². The van der Waals surface area contributed by atoms with Crippen molar-refractivity contribution in [2.45, 2.75) is 58.9 Å². The molecule has 0 heterocycles. The minimum atomic E-state index is -3.87. The highest BCUT2D eigenvalue weighted by Crippen LogP contribution is 2.22. The Balaban J connectivity index is 2.65. The zero-order valence-electron chi connectivity index (χ0n) is 16.1. The first-order valence-corrected chi connectivity index (χ1v) is 10.6. The molecule has 1 aromatic rings. The Bertz CT molecular complexity index is 641. The third-order valence-electron chi connectivity index (χ3n) is 4.01. The molecule has 142 valence electrons. The summed E-state index contributed by atoms with van der Waals surface area (Å²) in [4.78, 5) is 0. The predicted molar refractivity (Wildman–Crippen MR) is 106 cm³/mol. The quantitative estimate of drug-likeness (QED) is 0.505. The van der Waals surface area contributed by atoms with Crippen molar-refractivity contribution in [3.05, 3.63) is 41.5 Å². The number of hydrogen-bond acceptors (Lipinski definition) is 3. The Morgan fingerprint density at radius 3 is 2.24 bits per heavy atom. The average molecular weight is 368 g/mol. The summed E-state index contributed by atoms with van der Waals surface area (Å²) < 4.78 is 30.3. The monoisotopic (exact) mass is 367 g/mol. The van der Waals surface area contributed by atoms with E-state index in [0.29, 0.717) is 18.9 Å². The summed E-state index contributed by atoms with van der Waals surface area (Å²) in [5, 5.41) is 3.37. The zero-order valence-corrected chi connectivity index (χ0v) is 16.9. The molecule has 25 heavy (non-hydrogen) atoms. The second-order valence-electron chi connectivity index (χ2n) is 8.06. The molecule has 5 heteroatoms. The predicted octanol–water partition coefficient (Wildman–Crippen LogP) is 4.28. The summed E-state index contributed by atoms with van der Waals surface area (Å²) in [7, 11) is -3.87. The van der Waals surface area contributed by atoms with Crippen molar-refractivity contribution in [2.24, 2.45) is 5.92 Å². The van der Waals surface area contributed by atoms with Crippen LogP contribution in [0.5, 0.6) is 0 Å². The van der Waals surface area contributed by atoms with Crippen LogP contribution in [0, 0.1) is 5.92 Å². The lowest BCUT2D eigenvalue weighted by Gasteiger charge is -2.19. The number of hydrogen-bond donors (Lipinski definition) is 2. The molecule has 0 saturated carbocycles. The molecule has 0 amide bonds. The molecule has 0 aliphatic carbocycles. The molecule has 0 fully saturated rings. The van der Waals surface area contributed by atoms with Crippen LogP contribution >= 0.6 is 0 Å². The highest BCUT2D eigenvalue weighted by atomic mass is 32.2. The smallest absolute Gasteiger partial charge is 0.264 e. The number of benzene rings is 1. The molecule has 4 nitrogen and oxygen atoms in total. The summed E-state index contributed by atoms with van der Waals surface area (Å²) in [5.41, 5.74) is 2.62. The SMILES string of the molecule is CC(C)C[C@H](C=Cc1ccc(C(C)(C)C)cc1)NCCCS(=O)(=O)O. The molecule has 1 atom stereocenters. The second-order valence-corrected chi connectivity index (χ2v) is 9.63. The summed E-state index contributed by atoms with van der Waals surface area (Å²) in [6, 6.07) is 8.76. The molecule has 0 unspecified atom stereocenters. The van der Waals surface area contributed by atoms with Gasteiger partial charge in [0.1, 0.15) is 0 Å². The minimum Gasteiger partial charge on any atom is -0.310 e. The van der Waals surface area contributed by atoms with Crippen LogP contribution in [-0.2, 0) is 15.5 Å². The van der Waals surface area contributed by atoms with Crippen LogP contribution in [0.4, 0.5) is 0 Å². The van der Waals surface area contributed by atoms with Gasteiger partial charge >= 0.3 is 0 Å². The van der Waals surface area contributed by atoms with E-state index in [4.69, 9.17) is 4.55 Å². The Morgan fingerprint density at radius 2 is 1.76 bits per heavy atom.